The molecule has 0 radical (unpaired) electrons. The van der Waals surface area contributed by atoms with Crippen molar-refractivity contribution in [3.63, 3.8) is 0 Å². The van der Waals surface area contributed by atoms with E-state index in [4.69, 9.17) is 11.6 Å². The summed E-state index contributed by atoms with van der Waals surface area (Å²) in [4.78, 5) is 0. The first-order valence-electron chi connectivity index (χ1n) is 4.44. The standard InChI is InChI=1S/C9H15N5/c1-2-3-4-5-8(13-11)7-6-12-14-9(7)10/h6,8,13H,4-5,11H2,1H3,(H3,10,12,14). The number of aromatic amines is 1. The summed E-state index contributed by atoms with van der Waals surface area (Å²) < 4.78 is 0. The van der Waals surface area contributed by atoms with Gasteiger partial charge in [-0.1, -0.05) is 0 Å². The number of nitrogens with one attached hydrogen (secondary N) is 2. The zero-order chi connectivity index (χ0) is 10.4. The Hall–Kier alpha value is -1.51. The molecule has 0 bridgehead atoms. The number of aromatic nitrogens is 2. The molecule has 6 N–H and O–H groups in total. The van der Waals surface area contributed by atoms with Gasteiger partial charge in [0.15, 0.2) is 0 Å². The summed E-state index contributed by atoms with van der Waals surface area (Å²) in [5.74, 6) is 11.8. The number of anilines is 1. The first-order chi connectivity index (χ1) is 6.79. The number of nitrogen functional groups attached to an aromatic ring is 1. The first-order valence-corrected chi connectivity index (χ1v) is 4.44. The normalized spacial score (nSPS) is 11.9. The van der Waals surface area contributed by atoms with Gasteiger partial charge >= 0.3 is 0 Å². The van der Waals surface area contributed by atoms with E-state index in [0.717, 1.165) is 18.4 Å². The predicted molar refractivity (Wildman–Crippen MR) is 55.7 cm³/mol. The summed E-state index contributed by atoms with van der Waals surface area (Å²) in [6.07, 6.45) is 3.29. The third-order valence-corrected chi connectivity index (χ3v) is 2.01. The van der Waals surface area contributed by atoms with Crippen LogP contribution in [0.5, 0.6) is 0 Å². The molecule has 1 aromatic rings. The van der Waals surface area contributed by atoms with E-state index in [0.29, 0.717) is 5.82 Å². The molecule has 0 saturated heterocycles. The number of H-pyrrole nitrogens is 1. The number of rotatable bonds is 4. The minimum atomic E-state index is 0.00889. The lowest BCUT2D eigenvalue weighted by Gasteiger charge is -2.12. The maximum absolute atomic E-state index is 5.67. The highest BCUT2D eigenvalue weighted by Crippen LogP contribution is 2.20. The summed E-state index contributed by atoms with van der Waals surface area (Å²) in [6.45, 7) is 1.82. The second-order valence-corrected chi connectivity index (χ2v) is 2.92. The molecule has 0 aromatic carbocycles. The second kappa shape index (κ2) is 5.27. The van der Waals surface area contributed by atoms with Crippen LogP contribution in [-0.2, 0) is 0 Å². The number of nitrogens with two attached hydrogens (primary N) is 2. The molecule has 0 spiro atoms. The zero-order valence-corrected chi connectivity index (χ0v) is 8.17. The van der Waals surface area contributed by atoms with Crippen molar-refractivity contribution in [2.45, 2.75) is 25.8 Å². The van der Waals surface area contributed by atoms with Crippen LogP contribution >= 0.6 is 0 Å². The van der Waals surface area contributed by atoms with Crippen molar-refractivity contribution in [2.75, 3.05) is 5.73 Å². The predicted octanol–water partition coefficient (Wildman–Crippen LogP) is 0.300. The maximum atomic E-state index is 5.67. The van der Waals surface area contributed by atoms with Crippen LogP contribution in [0.2, 0.25) is 0 Å². The van der Waals surface area contributed by atoms with Crippen molar-refractivity contribution in [1.82, 2.24) is 15.6 Å². The lowest BCUT2D eigenvalue weighted by Crippen LogP contribution is -2.28. The van der Waals surface area contributed by atoms with E-state index in [1.807, 2.05) is 6.92 Å². The molecule has 0 aliphatic rings. The molecule has 1 rings (SSSR count). The fraction of sp³-hybridized carbons (Fsp3) is 0.444. The Labute approximate surface area is 83.2 Å². The van der Waals surface area contributed by atoms with Gasteiger partial charge in [-0.2, -0.15) is 5.10 Å². The lowest BCUT2D eigenvalue weighted by molar-refractivity contribution is 0.525. The summed E-state index contributed by atoms with van der Waals surface area (Å²) in [6, 6.07) is 0.00889. The topological polar surface area (TPSA) is 92.7 Å². The quantitative estimate of drug-likeness (QED) is 0.314. The van der Waals surface area contributed by atoms with Gasteiger partial charge in [0.25, 0.3) is 0 Å². The summed E-state index contributed by atoms with van der Waals surface area (Å²) in [5, 5.41) is 6.51. The van der Waals surface area contributed by atoms with E-state index in [-0.39, 0.29) is 6.04 Å². The van der Waals surface area contributed by atoms with Crippen LogP contribution in [0.3, 0.4) is 0 Å². The molecular weight excluding hydrogens is 178 g/mol. The van der Waals surface area contributed by atoms with E-state index in [1.54, 1.807) is 6.20 Å². The SMILES string of the molecule is CC#CCCC(NN)c1cn[nH]c1N. The Kier molecular flexibility index (Phi) is 3.98. The van der Waals surface area contributed by atoms with E-state index < -0.39 is 0 Å². The van der Waals surface area contributed by atoms with Gasteiger partial charge in [-0.15, -0.1) is 11.8 Å². The minimum absolute atomic E-state index is 0.00889. The molecule has 0 aliphatic carbocycles. The minimum Gasteiger partial charge on any atom is -0.384 e. The Balaban J connectivity index is 2.61. The molecule has 0 aliphatic heterocycles. The summed E-state index contributed by atoms with van der Waals surface area (Å²) in [7, 11) is 0. The first kappa shape index (κ1) is 10.6. The molecule has 76 valence electrons. The van der Waals surface area contributed by atoms with E-state index >= 15 is 0 Å². The second-order valence-electron chi connectivity index (χ2n) is 2.92. The van der Waals surface area contributed by atoms with E-state index in [2.05, 4.69) is 27.5 Å². The highest BCUT2D eigenvalue weighted by atomic mass is 15.2. The molecule has 0 saturated carbocycles. The molecule has 14 heavy (non-hydrogen) atoms. The number of hydrogen-bond acceptors (Lipinski definition) is 4. The molecule has 1 heterocycles. The molecular formula is C9H15N5. The fourth-order valence-corrected chi connectivity index (χ4v) is 1.25. The van der Waals surface area contributed by atoms with Crippen LogP contribution in [0.25, 0.3) is 0 Å². The van der Waals surface area contributed by atoms with Crippen molar-refractivity contribution in [3.05, 3.63) is 11.8 Å². The van der Waals surface area contributed by atoms with Crippen molar-refractivity contribution in [1.29, 1.82) is 0 Å². The Morgan fingerprint density at radius 1 is 1.71 bits per heavy atom. The molecule has 1 aromatic heterocycles. The highest BCUT2D eigenvalue weighted by Gasteiger charge is 2.13. The molecule has 5 heteroatoms. The molecule has 1 atom stereocenters. The largest absolute Gasteiger partial charge is 0.384 e. The zero-order valence-electron chi connectivity index (χ0n) is 8.17. The number of hydrazine groups is 1. The Bertz CT molecular complexity index is 332. The van der Waals surface area contributed by atoms with Gasteiger partial charge in [0.05, 0.1) is 12.2 Å². The smallest absolute Gasteiger partial charge is 0.123 e. The molecule has 0 amide bonds. The summed E-state index contributed by atoms with van der Waals surface area (Å²) in [5.41, 5.74) is 9.26. The van der Waals surface area contributed by atoms with Crippen molar-refractivity contribution < 1.29 is 0 Å². The molecule has 1 unspecified atom stereocenters. The van der Waals surface area contributed by atoms with Crippen LogP contribution < -0.4 is 17.0 Å². The highest BCUT2D eigenvalue weighted by molar-refractivity contribution is 5.39. The van der Waals surface area contributed by atoms with Crippen LogP contribution in [-0.4, -0.2) is 10.2 Å². The van der Waals surface area contributed by atoms with Gasteiger partial charge in [-0.3, -0.25) is 16.4 Å². The van der Waals surface area contributed by atoms with Crippen molar-refractivity contribution in [2.24, 2.45) is 5.84 Å². The van der Waals surface area contributed by atoms with Gasteiger partial charge in [0.1, 0.15) is 5.82 Å². The van der Waals surface area contributed by atoms with Crippen LogP contribution in [0.1, 0.15) is 31.4 Å². The fourth-order valence-electron chi connectivity index (χ4n) is 1.25. The Morgan fingerprint density at radius 2 is 2.50 bits per heavy atom. The van der Waals surface area contributed by atoms with Crippen LogP contribution in [0.15, 0.2) is 6.20 Å². The third-order valence-electron chi connectivity index (χ3n) is 2.01. The molecule has 5 nitrogen and oxygen atoms in total. The van der Waals surface area contributed by atoms with Crippen molar-refractivity contribution >= 4 is 5.82 Å². The van der Waals surface area contributed by atoms with Gasteiger partial charge in [0.2, 0.25) is 0 Å². The van der Waals surface area contributed by atoms with Gasteiger partial charge in [-0.05, 0) is 13.3 Å². The van der Waals surface area contributed by atoms with E-state index in [9.17, 15) is 0 Å². The Morgan fingerprint density at radius 3 is 3.00 bits per heavy atom. The van der Waals surface area contributed by atoms with Crippen LogP contribution in [0, 0.1) is 11.8 Å². The van der Waals surface area contributed by atoms with E-state index in [1.165, 1.54) is 0 Å². The summed E-state index contributed by atoms with van der Waals surface area (Å²) >= 11 is 0. The average molecular weight is 193 g/mol. The van der Waals surface area contributed by atoms with Crippen molar-refractivity contribution in [3.8, 4) is 11.8 Å². The molecule has 0 fully saturated rings. The number of hydrogen-bond donors (Lipinski definition) is 4. The van der Waals surface area contributed by atoms with Crippen LogP contribution in [0.4, 0.5) is 5.82 Å². The average Bonchev–Trinajstić information content (AvgIpc) is 2.60. The van der Waals surface area contributed by atoms with Gasteiger partial charge in [0, 0.05) is 12.0 Å². The number of nitrogens with zero attached hydrogens (tertiary/aromatic N) is 1. The lowest BCUT2D eigenvalue weighted by atomic mass is 10.1. The monoisotopic (exact) mass is 193 g/mol. The third kappa shape index (κ3) is 2.49. The maximum Gasteiger partial charge on any atom is 0.123 e. The van der Waals surface area contributed by atoms with Gasteiger partial charge < -0.3 is 5.73 Å². The van der Waals surface area contributed by atoms with Gasteiger partial charge in [-0.25, -0.2) is 0 Å².